The molecule has 0 aromatic heterocycles. The first-order valence-corrected chi connectivity index (χ1v) is 5.59. The molecular formula is C13H17F3O. The average Bonchev–Trinajstić information content (AvgIpc) is 2.15. The molecule has 0 saturated heterocycles. The van der Waals surface area contributed by atoms with Crippen LogP contribution >= 0.6 is 0 Å². The van der Waals surface area contributed by atoms with Crippen molar-refractivity contribution in [2.45, 2.75) is 45.9 Å². The Hall–Kier alpha value is -1.19. The summed E-state index contributed by atoms with van der Waals surface area (Å²) < 4.78 is 43.8. The number of benzene rings is 1. The van der Waals surface area contributed by atoms with Crippen LogP contribution in [0.1, 0.15) is 44.7 Å². The smallest absolute Gasteiger partial charge is 0.419 e. The van der Waals surface area contributed by atoms with Gasteiger partial charge in [0.2, 0.25) is 0 Å². The minimum atomic E-state index is -4.38. The second kappa shape index (κ2) is 4.98. The summed E-state index contributed by atoms with van der Waals surface area (Å²) in [6.07, 6.45) is -4.66. The van der Waals surface area contributed by atoms with Crippen molar-refractivity contribution in [1.29, 1.82) is 0 Å². The predicted octanol–water partition coefficient (Wildman–Crippen LogP) is 4.62. The maximum absolute atomic E-state index is 12.9. The molecule has 4 heteroatoms. The first-order valence-electron chi connectivity index (χ1n) is 5.59. The van der Waals surface area contributed by atoms with Gasteiger partial charge in [0.15, 0.2) is 0 Å². The van der Waals surface area contributed by atoms with Crippen LogP contribution in [0.2, 0.25) is 0 Å². The van der Waals surface area contributed by atoms with Gasteiger partial charge in [-0.1, -0.05) is 19.9 Å². The molecular weight excluding hydrogens is 229 g/mol. The summed E-state index contributed by atoms with van der Waals surface area (Å²) in [6, 6.07) is 4.25. The van der Waals surface area contributed by atoms with E-state index >= 15 is 0 Å². The highest BCUT2D eigenvalue weighted by Gasteiger charge is 2.35. The van der Waals surface area contributed by atoms with E-state index in [0.29, 0.717) is 5.56 Å². The van der Waals surface area contributed by atoms with Crippen molar-refractivity contribution < 1.29 is 17.9 Å². The standard InChI is InChI=1S/C13H17F3O/c1-8(2)10-5-6-12(17-9(3)4)11(7-10)13(14,15)16/h5-9H,1-4H3. The third-order valence-corrected chi connectivity index (χ3v) is 2.34. The van der Waals surface area contributed by atoms with Crippen molar-refractivity contribution in [1.82, 2.24) is 0 Å². The second-order valence-corrected chi connectivity index (χ2v) is 4.57. The lowest BCUT2D eigenvalue weighted by Crippen LogP contribution is -2.13. The Morgan fingerprint density at radius 3 is 2.06 bits per heavy atom. The summed E-state index contributed by atoms with van der Waals surface area (Å²) in [5.74, 6) is -0.0406. The normalized spacial score (nSPS) is 12.3. The van der Waals surface area contributed by atoms with Gasteiger partial charge >= 0.3 is 6.18 Å². The van der Waals surface area contributed by atoms with Crippen molar-refractivity contribution in [3.05, 3.63) is 29.3 Å². The van der Waals surface area contributed by atoms with E-state index in [1.807, 2.05) is 13.8 Å². The third-order valence-electron chi connectivity index (χ3n) is 2.34. The maximum atomic E-state index is 12.9. The van der Waals surface area contributed by atoms with Gasteiger partial charge in [-0.2, -0.15) is 13.2 Å². The van der Waals surface area contributed by atoms with Crippen LogP contribution in [-0.4, -0.2) is 6.10 Å². The molecule has 0 bridgehead atoms. The molecule has 17 heavy (non-hydrogen) atoms. The number of hydrogen-bond acceptors (Lipinski definition) is 1. The molecule has 0 aliphatic rings. The van der Waals surface area contributed by atoms with Crippen LogP contribution in [-0.2, 0) is 6.18 Å². The summed E-state index contributed by atoms with van der Waals surface area (Å²) in [5, 5.41) is 0. The largest absolute Gasteiger partial charge is 0.490 e. The molecule has 96 valence electrons. The van der Waals surface area contributed by atoms with Crippen LogP contribution in [0.15, 0.2) is 18.2 Å². The summed E-state index contributed by atoms with van der Waals surface area (Å²) in [7, 11) is 0. The molecule has 0 aliphatic carbocycles. The Morgan fingerprint density at radius 1 is 1.06 bits per heavy atom. The monoisotopic (exact) mass is 246 g/mol. The fraction of sp³-hybridized carbons (Fsp3) is 0.538. The molecule has 0 atom stereocenters. The Bertz CT molecular complexity index is 381. The topological polar surface area (TPSA) is 9.23 Å². The molecule has 0 amide bonds. The molecule has 1 aromatic rings. The van der Waals surface area contributed by atoms with Crippen molar-refractivity contribution >= 4 is 0 Å². The van der Waals surface area contributed by atoms with E-state index in [-0.39, 0.29) is 17.8 Å². The predicted molar refractivity (Wildman–Crippen MR) is 61.3 cm³/mol. The van der Waals surface area contributed by atoms with E-state index in [1.165, 1.54) is 12.1 Å². The average molecular weight is 246 g/mol. The zero-order chi connectivity index (χ0) is 13.2. The molecule has 1 nitrogen and oxygen atoms in total. The van der Waals surface area contributed by atoms with E-state index in [2.05, 4.69) is 0 Å². The third kappa shape index (κ3) is 3.65. The molecule has 0 unspecified atom stereocenters. The lowest BCUT2D eigenvalue weighted by Gasteiger charge is -2.18. The maximum Gasteiger partial charge on any atom is 0.419 e. The van der Waals surface area contributed by atoms with Crippen LogP contribution in [0.4, 0.5) is 13.2 Å². The van der Waals surface area contributed by atoms with Gasteiger partial charge < -0.3 is 4.74 Å². The van der Waals surface area contributed by atoms with Crippen molar-refractivity contribution in [2.75, 3.05) is 0 Å². The molecule has 0 aliphatic heterocycles. The first-order chi connectivity index (χ1) is 7.71. The molecule has 0 fully saturated rings. The highest BCUT2D eigenvalue weighted by atomic mass is 19.4. The van der Waals surface area contributed by atoms with E-state index in [9.17, 15) is 13.2 Å². The van der Waals surface area contributed by atoms with Gasteiger partial charge in [-0.3, -0.25) is 0 Å². The molecule has 0 radical (unpaired) electrons. The quantitative estimate of drug-likeness (QED) is 0.756. The number of halogens is 3. The number of rotatable bonds is 3. The first kappa shape index (κ1) is 13.9. The van der Waals surface area contributed by atoms with Gasteiger partial charge in [0.25, 0.3) is 0 Å². The summed E-state index contributed by atoms with van der Waals surface area (Å²) in [4.78, 5) is 0. The van der Waals surface area contributed by atoms with Gasteiger partial charge in [-0.15, -0.1) is 0 Å². The molecule has 0 heterocycles. The second-order valence-electron chi connectivity index (χ2n) is 4.57. The fourth-order valence-electron chi connectivity index (χ4n) is 1.48. The van der Waals surface area contributed by atoms with Gasteiger partial charge in [0, 0.05) is 0 Å². The minimum absolute atomic E-state index is 0.0594. The Balaban J connectivity index is 3.22. The Morgan fingerprint density at radius 2 is 1.65 bits per heavy atom. The van der Waals surface area contributed by atoms with E-state index in [4.69, 9.17) is 4.74 Å². The van der Waals surface area contributed by atoms with E-state index < -0.39 is 11.7 Å². The number of ether oxygens (including phenoxy) is 1. The van der Waals surface area contributed by atoms with Crippen LogP contribution in [0.5, 0.6) is 5.75 Å². The van der Waals surface area contributed by atoms with Crippen LogP contribution in [0.3, 0.4) is 0 Å². The lowest BCUT2D eigenvalue weighted by atomic mass is 10.00. The SMILES string of the molecule is CC(C)Oc1ccc(C(C)C)cc1C(F)(F)F. The summed E-state index contributed by atoms with van der Waals surface area (Å²) >= 11 is 0. The molecule has 1 aromatic carbocycles. The molecule has 0 spiro atoms. The lowest BCUT2D eigenvalue weighted by molar-refractivity contribution is -0.139. The fourth-order valence-corrected chi connectivity index (χ4v) is 1.48. The van der Waals surface area contributed by atoms with Crippen LogP contribution in [0, 0.1) is 0 Å². The molecule has 1 rings (SSSR count). The zero-order valence-electron chi connectivity index (χ0n) is 10.4. The van der Waals surface area contributed by atoms with Gasteiger partial charge in [-0.25, -0.2) is 0 Å². The van der Waals surface area contributed by atoms with Gasteiger partial charge in [-0.05, 0) is 37.5 Å². The summed E-state index contributed by atoms with van der Waals surface area (Å²) in [6.45, 7) is 7.13. The van der Waals surface area contributed by atoms with Gasteiger partial charge in [0.1, 0.15) is 5.75 Å². The number of alkyl halides is 3. The zero-order valence-corrected chi connectivity index (χ0v) is 10.4. The van der Waals surface area contributed by atoms with Crippen LogP contribution in [0.25, 0.3) is 0 Å². The van der Waals surface area contributed by atoms with E-state index in [0.717, 1.165) is 0 Å². The Labute approximate surface area is 99.6 Å². The van der Waals surface area contributed by atoms with Crippen molar-refractivity contribution in [3.8, 4) is 5.75 Å². The minimum Gasteiger partial charge on any atom is -0.490 e. The van der Waals surface area contributed by atoms with Gasteiger partial charge in [0.05, 0.1) is 11.7 Å². The molecule has 0 N–H and O–H groups in total. The van der Waals surface area contributed by atoms with Crippen LogP contribution < -0.4 is 4.74 Å². The Kier molecular flexibility index (Phi) is 4.07. The summed E-state index contributed by atoms with van der Waals surface area (Å²) in [5.41, 5.74) is -0.0363. The number of hydrogen-bond donors (Lipinski definition) is 0. The van der Waals surface area contributed by atoms with E-state index in [1.54, 1.807) is 19.9 Å². The van der Waals surface area contributed by atoms with Crippen molar-refractivity contribution in [3.63, 3.8) is 0 Å². The highest BCUT2D eigenvalue weighted by Crippen LogP contribution is 2.38. The highest BCUT2D eigenvalue weighted by molar-refractivity contribution is 5.40. The van der Waals surface area contributed by atoms with Crippen molar-refractivity contribution in [2.24, 2.45) is 0 Å². The molecule has 0 saturated carbocycles.